The molecule has 1 aliphatic heterocycles. The van der Waals surface area contributed by atoms with Crippen LogP contribution in [0.15, 0.2) is 42.5 Å². The molecular formula is C31H48N3O6+. The summed E-state index contributed by atoms with van der Waals surface area (Å²) in [5.41, 5.74) is 1.26. The van der Waals surface area contributed by atoms with E-state index in [1.54, 1.807) is 6.92 Å². The molecule has 1 aliphatic rings. The van der Waals surface area contributed by atoms with Gasteiger partial charge in [0, 0.05) is 12.3 Å². The van der Waals surface area contributed by atoms with Gasteiger partial charge in [-0.05, 0) is 49.2 Å². The zero-order valence-electron chi connectivity index (χ0n) is 24.8. The highest BCUT2D eigenvalue weighted by atomic mass is 16.6. The number of nitrogens with one attached hydrogen (secondary N) is 2. The van der Waals surface area contributed by atoms with Gasteiger partial charge in [0.2, 0.25) is 5.91 Å². The van der Waals surface area contributed by atoms with Crippen molar-refractivity contribution in [3.8, 4) is 0 Å². The van der Waals surface area contributed by atoms with Gasteiger partial charge in [0.05, 0.1) is 25.3 Å². The van der Waals surface area contributed by atoms with Gasteiger partial charge in [-0.1, -0.05) is 64.6 Å². The van der Waals surface area contributed by atoms with Crippen molar-refractivity contribution in [3.05, 3.63) is 48.0 Å². The topological polar surface area (TPSA) is 122 Å². The third kappa shape index (κ3) is 11.3. The number of hydrogen-bond donors (Lipinski definition) is 3. The fourth-order valence-electron chi connectivity index (χ4n) is 4.92. The van der Waals surface area contributed by atoms with E-state index in [1.165, 1.54) is 0 Å². The summed E-state index contributed by atoms with van der Waals surface area (Å²) in [4.78, 5) is 52.9. The average molecular weight is 559 g/mol. The Kier molecular flexibility index (Phi) is 13.2. The number of rotatable bonds is 16. The molecular weight excluding hydrogens is 510 g/mol. The number of quaternary nitrogens is 1. The lowest BCUT2D eigenvalue weighted by Gasteiger charge is -2.33. The largest absolute Gasteiger partial charge is 0.370 e. The first-order valence-corrected chi connectivity index (χ1v) is 14.3. The normalized spacial score (nSPS) is 17.1. The number of amides is 2. The van der Waals surface area contributed by atoms with Gasteiger partial charge in [-0.25, -0.2) is 5.21 Å². The second-order valence-corrected chi connectivity index (χ2v) is 12.0. The predicted molar refractivity (Wildman–Crippen MR) is 153 cm³/mol. The van der Waals surface area contributed by atoms with E-state index >= 15 is 0 Å². The van der Waals surface area contributed by atoms with Crippen LogP contribution in [0.2, 0.25) is 0 Å². The summed E-state index contributed by atoms with van der Waals surface area (Å²) in [5.74, 6) is -1.73. The summed E-state index contributed by atoms with van der Waals surface area (Å²) >= 11 is 0. The molecule has 0 saturated carbocycles. The predicted octanol–water partition coefficient (Wildman–Crippen LogP) is 3.25. The SMILES string of the molecule is C=C(C)C(=O)[C@H](CC(C)C)NC(=O)[C@@H](CC(=O)[C@H](CC(C)C)NC(=O)C[N+]1(O)CCOCC1)Cc1ccccc1. The maximum atomic E-state index is 13.6. The average Bonchev–Trinajstić information content (AvgIpc) is 2.87. The van der Waals surface area contributed by atoms with Crippen molar-refractivity contribution >= 4 is 23.4 Å². The second kappa shape index (κ2) is 15.8. The molecule has 1 saturated heterocycles. The van der Waals surface area contributed by atoms with Crippen molar-refractivity contribution in [1.82, 2.24) is 10.6 Å². The summed E-state index contributed by atoms with van der Waals surface area (Å²) in [6, 6.07) is 7.91. The van der Waals surface area contributed by atoms with Gasteiger partial charge in [0.15, 0.2) is 18.1 Å². The van der Waals surface area contributed by atoms with E-state index in [1.807, 2.05) is 58.0 Å². The Bertz CT molecular complexity index is 1020. The van der Waals surface area contributed by atoms with Crippen LogP contribution in [0.25, 0.3) is 0 Å². The van der Waals surface area contributed by atoms with Crippen LogP contribution in [-0.2, 0) is 30.3 Å². The first-order valence-electron chi connectivity index (χ1n) is 14.3. The number of Topliss-reactive ketones (excluding diaryl/α,β-unsaturated/α-hetero) is 2. The van der Waals surface area contributed by atoms with Crippen molar-refractivity contribution < 1.29 is 33.8 Å². The molecule has 0 aliphatic carbocycles. The number of ether oxygens (including phenoxy) is 1. The standard InChI is InChI=1S/C31H47N3O6/c1-21(2)16-26(32-29(36)20-34(39)12-14-40-15-13-34)28(35)19-25(18-24-10-8-7-9-11-24)31(38)33-27(17-22(3)4)30(37)23(5)6/h7-11,21-22,25-27,39H,5,12-20H2,1-4,6H3,(H-,32,33,36,38)/p+1/t25-,26+,27+/m1/s1. The number of nitrogens with zero attached hydrogens (tertiary/aromatic N) is 1. The first-order chi connectivity index (χ1) is 18.8. The van der Waals surface area contributed by atoms with Gasteiger partial charge in [0.25, 0.3) is 5.91 Å². The number of morpholine rings is 1. The third-order valence-electron chi connectivity index (χ3n) is 7.08. The molecule has 0 bridgehead atoms. The summed E-state index contributed by atoms with van der Waals surface area (Å²) in [7, 11) is 0. The molecule has 3 N–H and O–H groups in total. The lowest BCUT2D eigenvalue weighted by atomic mass is 9.88. The molecule has 9 heteroatoms. The molecule has 1 heterocycles. The zero-order chi connectivity index (χ0) is 29.9. The molecule has 1 fully saturated rings. The Hall–Kier alpha value is -2.88. The fourth-order valence-corrected chi connectivity index (χ4v) is 4.92. The fraction of sp³-hybridized carbons (Fsp3) is 0.613. The van der Waals surface area contributed by atoms with Crippen LogP contribution in [0.1, 0.15) is 59.4 Å². The van der Waals surface area contributed by atoms with E-state index in [2.05, 4.69) is 17.2 Å². The maximum Gasteiger partial charge on any atom is 0.278 e. The van der Waals surface area contributed by atoms with Gasteiger partial charge in [-0.15, -0.1) is 0 Å². The van der Waals surface area contributed by atoms with Crippen molar-refractivity contribution in [2.75, 3.05) is 32.8 Å². The van der Waals surface area contributed by atoms with E-state index in [0.29, 0.717) is 51.1 Å². The Labute approximate surface area is 238 Å². The number of benzene rings is 1. The highest BCUT2D eigenvalue weighted by molar-refractivity contribution is 6.01. The van der Waals surface area contributed by atoms with Gasteiger partial charge >= 0.3 is 0 Å². The third-order valence-corrected chi connectivity index (χ3v) is 7.08. The van der Waals surface area contributed by atoms with E-state index < -0.39 is 28.6 Å². The lowest BCUT2D eigenvalue weighted by Crippen LogP contribution is -2.58. The number of hydroxylamine groups is 3. The molecule has 2 amide bonds. The summed E-state index contributed by atoms with van der Waals surface area (Å²) in [6.45, 7) is 14.4. The van der Waals surface area contributed by atoms with E-state index in [4.69, 9.17) is 4.74 Å². The summed E-state index contributed by atoms with van der Waals surface area (Å²) in [5, 5.41) is 16.4. The smallest absolute Gasteiger partial charge is 0.278 e. The van der Waals surface area contributed by atoms with Gasteiger partial charge in [0.1, 0.15) is 13.1 Å². The summed E-state index contributed by atoms with van der Waals surface area (Å²) in [6.07, 6.45) is 1.08. The highest BCUT2D eigenvalue weighted by Crippen LogP contribution is 2.19. The molecule has 1 aromatic carbocycles. The molecule has 3 atom stereocenters. The maximum absolute atomic E-state index is 13.6. The number of carbonyl (C=O) groups is 4. The number of hydrogen-bond acceptors (Lipinski definition) is 6. The molecule has 0 radical (unpaired) electrons. The van der Waals surface area contributed by atoms with Crippen molar-refractivity contribution in [2.24, 2.45) is 17.8 Å². The Morgan fingerprint density at radius 2 is 1.52 bits per heavy atom. The van der Waals surface area contributed by atoms with Crippen LogP contribution in [0.5, 0.6) is 0 Å². The van der Waals surface area contributed by atoms with Crippen LogP contribution in [0, 0.1) is 17.8 Å². The van der Waals surface area contributed by atoms with Gasteiger partial charge in [-0.2, -0.15) is 4.65 Å². The highest BCUT2D eigenvalue weighted by Gasteiger charge is 2.35. The Morgan fingerprint density at radius 3 is 2.08 bits per heavy atom. The monoisotopic (exact) mass is 558 g/mol. The van der Waals surface area contributed by atoms with Crippen LogP contribution < -0.4 is 10.6 Å². The van der Waals surface area contributed by atoms with Crippen molar-refractivity contribution in [2.45, 2.75) is 72.4 Å². The lowest BCUT2D eigenvalue weighted by molar-refractivity contribution is -1.10. The minimum atomic E-state index is -0.797. The number of ketones is 2. The quantitative estimate of drug-likeness (QED) is 0.212. The molecule has 40 heavy (non-hydrogen) atoms. The van der Waals surface area contributed by atoms with Crippen LogP contribution in [-0.4, -0.2) is 78.2 Å². The van der Waals surface area contributed by atoms with E-state index in [0.717, 1.165) is 5.56 Å². The number of carbonyl (C=O) groups excluding carboxylic acids is 4. The van der Waals surface area contributed by atoms with Crippen LogP contribution in [0.4, 0.5) is 0 Å². The van der Waals surface area contributed by atoms with Crippen molar-refractivity contribution in [1.29, 1.82) is 0 Å². The minimum absolute atomic E-state index is 0.0962. The van der Waals surface area contributed by atoms with Crippen LogP contribution >= 0.6 is 0 Å². The second-order valence-electron chi connectivity index (χ2n) is 12.0. The molecule has 1 aromatic rings. The molecule has 0 unspecified atom stereocenters. The first kappa shape index (κ1) is 33.3. The van der Waals surface area contributed by atoms with Crippen molar-refractivity contribution in [3.63, 3.8) is 0 Å². The van der Waals surface area contributed by atoms with Crippen LogP contribution in [0.3, 0.4) is 0 Å². The molecule has 0 spiro atoms. The minimum Gasteiger partial charge on any atom is -0.370 e. The van der Waals surface area contributed by atoms with Gasteiger partial charge < -0.3 is 15.4 Å². The van der Waals surface area contributed by atoms with Gasteiger partial charge in [-0.3, -0.25) is 19.2 Å². The molecule has 9 nitrogen and oxygen atoms in total. The molecule has 222 valence electrons. The Balaban J connectivity index is 2.23. The van der Waals surface area contributed by atoms with E-state index in [-0.39, 0.29) is 42.3 Å². The molecule has 0 aromatic heterocycles. The Morgan fingerprint density at radius 1 is 0.950 bits per heavy atom. The molecule has 2 rings (SSSR count). The summed E-state index contributed by atoms with van der Waals surface area (Å²) < 4.78 is 4.86. The zero-order valence-corrected chi connectivity index (χ0v) is 24.8. The van der Waals surface area contributed by atoms with E-state index in [9.17, 15) is 24.4 Å².